The molecule has 10 heteroatoms. The molecule has 4 heterocycles. The Balaban J connectivity index is 1.65. The Morgan fingerprint density at radius 1 is 1.24 bits per heavy atom. The first-order valence-electron chi connectivity index (χ1n) is 15.8. The molecule has 1 N–H and O–H groups in total. The molecule has 0 saturated carbocycles. The van der Waals surface area contributed by atoms with E-state index in [1.807, 2.05) is 11.0 Å². The molecular weight excluding hydrogens is 554 g/mol. The van der Waals surface area contributed by atoms with E-state index in [2.05, 4.69) is 38.8 Å². The number of aliphatic hydroxyl groups is 1. The van der Waals surface area contributed by atoms with Crippen molar-refractivity contribution in [3.05, 3.63) is 25.3 Å². The van der Waals surface area contributed by atoms with Crippen molar-refractivity contribution in [2.75, 3.05) is 59.2 Å². The van der Waals surface area contributed by atoms with Crippen LogP contribution in [0.15, 0.2) is 25.3 Å². The zero-order chi connectivity index (χ0) is 30.4. The van der Waals surface area contributed by atoms with Gasteiger partial charge in [-0.15, -0.1) is 24.9 Å². The fourth-order valence-corrected chi connectivity index (χ4v) is 9.98. The summed E-state index contributed by atoms with van der Waals surface area (Å²) in [7, 11) is 0. The Morgan fingerprint density at radius 3 is 2.62 bits per heavy atom. The molecule has 9 nitrogen and oxygen atoms in total. The number of thioether (sulfide) groups is 1. The van der Waals surface area contributed by atoms with E-state index in [9.17, 15) is 19.5 Å². The van der Waals surface area contributed by atoms with Crippen molar-refractivity contribution < 1.29 is 29.0 Å². The van der Waals surface area contributed by atoms with E-state index in [-0.39, 0.29) is 41.5 Å². The lowest BCUT2D eigenvalue weighted by Gasteiger charge is -2.42. The highest BCUT2D eigenvalue weighted by atomic mass is 32.2. The number of fused-ring (bicyclic) bond motifs is 1. The molecule has 4 saturated heterocycles. The number of esters is 1. The Bertz CT molecular complexity index is 987. The van der Waals surface area contributed by atoms with Gasteiger partial charge in [0.05, 0.1) is 49.1 Å². The first-order valence-corrected chi connectivity index (χ1v) is 16.7. The Kier molecular flexibility index (Phi) is 11.6. The highest BCUT2D eigenvalue weighted by Gasteiger charge is 2.77. The highest BCUT2D eigenvalue weighted by Crippen LogP contribution is 2.69. The van der Waals surface area contributed by atoms with Gasteiger partial charge < -0.3 is 24.4 Å². The predicted octanol–water partition coefficient (Wildman–Crippen LogP) is 2.98. The summed E-state index contributed by atoms with van der Waals surface area (Å²) in [5.41, 5.74) is 0. The summed E-state index contributed by atoms with van der Waals surface area (Å²) < 4.78 is 10.5. The zero-order valence-corrected chi connectivity index (χ0v) is 26.6. The molecule has 4 aliphatic heterocycles. The van der Waals surface area contributed by atoms with Gasteiger partial charge in [-0.05, 0) is 43.9 Å². The van der Waals surface area contributed by atoms with E-state index in [1.165, 1.54) is 0 Å². The number of hydrogen-bond donors (Lipinski definition) is 1. The third-order valence-electron chi connectivity index (χ3n) is 9.54. The molecule has 0 aromatic heterocycles. The highest BCUT2D eigenvalue weighted by molar-refractivity contribution is 8.02. The van der Waals surface area contributed by atoms with Gasteiger partial charge in [-0.25, -0.2) is 0 Å². The summed E-state index contributed by atoms with van der Waals surface area (Å²) in [5.74, 6) is -1.58. The largest absolute Gasteiger partial charge is 0.465 e. The lowest BCUT2D eigenvalue weighted by atomic mass is 9.66. The van der Waals surface area contributed by atoms with Gasteiger partial charge in [0, 0.05) is 38.0 Å². The van der Waals surface area contributed by atoms with Gasteiger partial charge in [-0.2, -0.15) is 0 Å². The first-order chi connectivity index (χ1) is 20.2. The van der Waals surface area contributed by atoms with E-state index in [1.54, 1.807) is 22.7 Å². The van der Waals surface area contributed by atoms with E-state index in [4.69, 9.17) is 9.47 Å². The molecule has 3 unspecified atom stereocenters. The Morgan fingerprint density at radius 2 is 1.98 bits per heavy atom. The van der Waals surface area contributed by atoms with Gasteiger partial charge in [0.25, 0.3) is 0 Å². The zero-order valence-electron chi connectivity index (χ0n) is 25.7. The van der Waals surface area contributed by atoms with Crippen molar-refractivity contribution in [2.24, 2.45) is 23.7 Å². The number of allylic oxidation sites excluding steroid dienone is 1. The minimum absolute atomic E-state index is 0.0558. The Labute approximate surface area is 256 Å². The van der Waals surface area contributed by atoms with Crippen molar-refractivity contribution in [2.45, 2.75) is 75.0 Å². The van der Waals surface area contributed by atoms with Crippen molar-refractivity contribution in [3.63, 3.8) is 0 Å². The summed E-state index contributed by atoms with van der Waals surface area (Å²) in [6, 6.07) is -1.26. The number of nitrogens with zero attached hydrogens (tertiary/aromatic N) is 3. The first kappa shape index (κ1) is 33.0. The van der Waals surface area contributed by atoms with Crippen molar-refractivity contribution in [1.82, 2.24) is 14.7 Å². The molecule has 2 amide bonds. The average molecular weight is 606 g/mol. The minimum atomic E-state index is -0.758. The molecule has 236 valence electrons. The third-order valence-corrected chi connectivity index (χ3v) is 11.6. The molecule has 4 aliphatic rings. The molecule has 0 aromatic carbocycles. The van der Waals surface area contributed by atoms with Crippen LogP contribution in [0.25, 0.3) is 0 Å². The normalized spacial score (nSPS) is 31.3. The van der Waals surface area contributed by atoms with Gasteiger partial charge in [0.2, 0.25) is 11.8 Å². The molecule has 4 fully saturated rings. The van der Waals surface area contributed by atoms with Gasteiger partial charge in [-0.3, -0.25) is 19.3 Å². The second-order valence-corrected chi connectivity index (χ2v) is 14.3. The maximum Gasteiger partial charge on any atom is 0.310 e. The van der Waals surface area contributed by atoms with E-state index in [0.717, 1.165) is 38.8 Å². The molecule has 42 heavy (non-hydrogen) atoms. The molecule has 1 spiro atoms. The fourth-order valence-electron chi connectivity index (χ4n) is 7.59. The molecule has 4 rings (SSSR count). The van der Waals surface area contributed by atoms with Crippen LogP contribution >= 0.6 is 11.8 Å². The van der Waals surface area contributed by atoms with Crippen LogP contribution in [-0.4, -0.2) is 119 Å². The maximum absolute atomic E-state index is 14.7. The summed E-state index contributed by atoms with van der Waals surface area (Å²) in [4.78, 5) is 48.6. The van der Waals surface area contributed by atoms with E-state index < -0.39 is 28.7 Å². The predicted molar refractivity (Wildman–Crippen MR) is 165 cm³/mol. The van der Waals surface area contributed by atoms with Gasteiger partial charge in [0.1, 0.15) is 6.04 Å². The summed E-state index contributed by atoms with van der Waals surface area (Å²) in [6.07, 6.45) is 7.43. The van der Waals surface area contributed by atoms with E-state index >= 15 is 0 Å². The molecule has 2 bridgehead atoms. The van der Waals surface area contributed by atoms with Crippen LogP contribution in [0.4, 0.5) is 0 Å². The number of amides is 2. The molecule has 0 aliphatic carbocycles. The number of aliphatic hydroxyl groups excluding tert-OH is 1. The number of carbonyl (C=O) groups is 3. The number of unbranched alkanes of at least 4 members (excludes halogenated alkanes) is 2. The van der Waals surface area contributed by atoms with Gasteiger partial charge in [-0.1, -0.05) is 32.9 Å². The number of morpholine rings is 1. The molecule has 7 atom stereocenters. The average Bonchev–Trinajstić information content (AvgIpc) is 3.57. The number of hydrogen-bond acceptors (Lipinski definition) is 8. The van der Waals surface area contributed by atoms with Gasteiger partial charge in [0.15, 0.2) is 0 Å². The fraction of sp³-hybridized carbons (Fsp3) is 0.781. The van der Waals surface area contributed by atoms with Crippen LogP contribution in [0, 0.1) is 23.7 Å². The molecule has 0 aromatic rings. The van der Waals surface area contributed by atoms with Crippen molar-refractivity contribution in [1.29, 1.82) is 0 Å². The van der Waals surface area contributed by atoms with Crippen LogP contribution < -0.4 is 0 Å². The summed E-state index contributed by atoms with van der Waals surface area (Å²) in [6.45, 7) is 18.6. The second-order valence-electron chi connectivity index (χ2n) is 12.7. The minimum Gasteiger partial charge on any atom is -0.465 e. The lowest BCUT2D eigenvalue weighted by Crippen LogP contribution is -2.60. The monoisotopic (exact) mass is 605 g/mol. The van der Waals surface area contributed by atoms with Crippen LogP contribution in [0.2, 0.25) is 0 Å². The van der Waals surface area contributed by atoms with Crippen LogP contribution in [0.5, 0.6) is 0 Å². The van der Waals surface area contributed by atoms with Crippen molar-refractivity contribution in [3.8, 4) is 0 Å². The molecular formula is C32H51N3O6S. The lowest BCUT2D eigenvalue weighted by molar-refractivity contribution is -0.155. The molecule has 0 radical (unpaired) electrons. The van der Waals surface area contributed by atoms with Crippen LogP contribution in [0.1, 0.15) is 52.9 Å². The smallest absolute Gasteiger partial charge is 0.310 e. The number of rotatable bonds is 16. The van der Waals surface area contributed by atoms with Gasteiger partial charge >= 0.3 is 5.97 Å². The number of carbonyl (C=O) groups excluding carboxylic acids is 3. The van der Waals surface area contributed by atoms with Crippen LogP contribution in [0.3, 0.4) is 0 Å². The maximum atomic E-state index is 14.7. The SMILES string of the molecule is C=CCCCCOC(=O)[C@@H]1[C@H]2C(=O)N([C@@H](CO)CC(C)C)C(C(=O)N(CC=C)CCN3CCOCC3)C23S[C@@H]1CC3C. The van der Waals surface area contributed by atoms with E-state index in [0.29, 0.717) is 45.9 Å². The number of likely N-dealkylation sites (tertiary alicyclic amines) is 1. The van der Waals surface area contributed by atoms with Crippen molar-refractivity contribution >= 4 is 29.5 Å². The Hall–Kier alpha value is -1.88. The summed E-state index contributed by atoms with van der Waals surface area (Å²) >= 11 is 1.66. The quantitative estimate of drug-likeness (QED) is 0.163. The van der Waals surface area contributed by atoms with Crippen LogP contribution in [-0.2, 0) is 23.9 Å². The standard InChI is InChI=1S/C32H51N3O6S/c1-6-8-9-10-16-41-31(39)26-25-20-23(5)32(42-25)27(26)29(37)35(24(21-36)19-22(3)4)28(32)30(38)34(11-7-2)13-12-33-14-17-40-18-15-33/h6-7,22-28,36H,1-2,8-21H2,3-5H3/t23?,24-,25-,26+,27+,28?,32?/m1/s1. The topological polar surface area (TPSA) is 99.6 Å². The summed E-state index contributed by atoms with van der Waals surface area (Å²) in [5, 5.41) is 10.5. The second kappa shape index (κ2) is 14.7. The number of ether oxygens (including phenoxy) is 2. The third kappa shape index (κ3) is 6.47.